The zero-order chi connectivity index (χ0) is 29.3. The Morgan fingerprint density at radius 3 is 2.21 bits per heavy atom. The van der Waals surface area contributed by atoms with E-state index in [2.05, 4.69) is 24.4 Å². The Morgan fingerprint density at radius 1 is 0.881 bits per heavy atom. The molecule has 2 unspecified atom stereocenters. The van der Waals surface area contributed by atoms with Crippen molar-refractivity contribution >= 4 is 11.6 Å². The van der Waals surface area contributed by atoms with Gasteiger partial charge in [0.1, 0.15) is 18.1 Å². The molecule has 2 heterocycles. The standard InChI is InChI=1S/C35H37N3O4/c1-25(16-17-26-11-6-4-7-12-26)37-34(39)22-31(28-19-29(40-2)21-30(20-28)41-3)32-23-36-35-33(15-10-18-38(32)35)42-24-27-13-8-5-9-14-27/h4-15,18-21,23,25,31H,16-17,22,24H2,1-3H3,(H,37,39). The summed E-state index contributed by atoms with van der Waals surface area (Å²) in [6, 6.07) is 30.0. The lowest BCUT2D eigenvalue weighted by Gasteiger charge is -2.21. The number of benzene rings is 3. The highest BCUT2D eigenvalue weighted by atomic mass is 16.5. The number of aryl methyl sites for hydroxylation is 1. The number of hydrogen-bond acceptors (Lipinski definition) is 5. The number of fused-ring (bicyclic) bond motifs is 1. The van der Waals surface area contributed by atoms with E-state index in [9.17, 15) is 4.79 Å². The Bertz CT molecular complexity index is 1580. The zero-order valence-electron chi connectivity index (χ0n) is 24.3. The summed E-state index contributed by atoms with van der Waals surface area (Å²) in [6.45, 7) is 2.48. The topological polar surface area (TPSA) is 74.1 Å². The van der Waals surface area contributed by atoms with E-state index in [0.717, 1.165) is 29.7 Å². The second-order valence-corrected chi connectivity index (χ2v) is 10.4. The molecular formula is C35H37N3O4. The number of rotatable bonds is 13. The fourth-order valence-corrected chi connectivity index (χ4v) is 5.15. The van der Waals surface area contributed by atoms with Gasteiger partial charge in [0.25, 0.3) is 0 Å². The van der Waals surface area contributed by atoms with Crippen LogP contribution in [0.2, 0.25) is 0 Å². The summed E-state index contributed by atoms with van der Waals surface area (Å²) >= 11 is 0. The number of imidazole rings is 1. The van der Waals surface area contributed by atoms with Crippen molar-refractivity contribution in [1.29, 1.82) is 0 Å². The summed E-state index contributed by atoms with van der Waals surface area (Å²) in [6.07, 6.45) is 5.77. The molecule has 5 rings (SSSR count). The minimum Gasteiger partial charge on any atom is -0.497 e. The van der Waals surface area contributed by atoms with Crippen molar-refractivity contribution in [2.75, 3.05) is 14.2 Å². The molecule has 0 saturated heterocycles. The molecule has 7 heteroatoms. The minimum atomic E-state index is -0.310. The van der Waals surface area contributed by atoms with Crippen molar-refractivity contribution in [2.45, 2.75) is 44.8 Å². The van der Waals surface area contributed by atoms with Crippen LogP contribution in [-0.4, -0.2) is 35.6 Å². The molecule has 1 amide bonds. The number of ether oxygens (including phenoxy) is 3. The van der Waals surface area contributed by atoms with Gasteiger partial charge in [0.15, 0.2) is 11.4 Å². The number of amides is 1. The Morgan fingerprint density at radius 2 is 1.55 bits per heavy atom. The lowest BCUT2D eigenvalue weighted by atomic mass is 9.91. The van der Waals surface area contributed by atoms with E-state index >= 15 is 0 Å². The van der Waals surface area contributed by atoms with Crippen molar-refractivity contribution in [3.05, 3.63) is 126 Å². The largest absolute Gasteiger partial charge is 0.497 e. The number of hydrogen-bond donors (Lipinski definition) is 1. The average molecular weight is 564 g/mol. The van der Waals surface area contributed by atoms with Crippen LogP contribution in [0.5, 0.6) is 17.2 Å². The number of methoxy groups -OCH3 is 2. The van der Waals surface area contributed by atoms with E-state index in [1.54, 1.807) is 14.2 Å². The number of carbonyl (C=O) groups excluding carboxylic acids is 1. The van der Waals surface area contributed by atoms with Crippen LogP contribution in [0, 0.1) is 0 Å². The highest BCUT2D eigenvalue weighted by molar-refractivity contribution is 5.78. The molecule has 2 aromatic heterocycles. The van der Waals surface area contributed by atoms with E-state index in [-0.39, 0.29) is 24.3 Å². The molecule has 0 spiro atoms. The summed E-state index contributed by atoms with van der Waals surface area (Å²) in [5.74, 6) is 1.65. The molecule has 0 bridgehead atoms. The average Bonchev–Trinajstić information content (AvgIpc) is 3.47. The SMILES string of the molecule is COc1cc(OC)cc(C(CC(=O)NC(C)CCc2ccccc2)c2cnc3c(OCc4ccccc4)cccn23)c1. The summed E-state index contributed by atoms with van der Waals surface area (Å²) in [7, 11) is 3.25. The zero-order valence-corrected chi connectivity index (χ0v) is 24.3. The minimum absolute atomic E-state index is 0.0263. The van der Waals surface area contributed by atoms with E-state index in [0.29, 0.717) is 29.5 Å². The van der Waals surface area contributed by atoms with Gasteiger partial charge < -0.3 is 23.9 Å². The summed E-state index contributed by atoms with van der Waals surface area (Å²) < 4.78 is 19.3. The second kappa shape index (κ2) is 13.7. The van der Waals surface area contributed by atoms with Gasteiger partial charge in [0, 0.05) is 36.8 Å². The van der Waals surface area contributed by atoms with Gasteiger partial charge >= 0.3 is 0 Å². The maximum absolute atomic E-state index is 13.5. The van der Waals surface area contributed by atoms with Crippen LogP contribution in [0.4, 0.5) is 0 Å². The fourth-order valence-electron chi connectivity index (χ4n) is 5.15. The first-order valence-corrected chi connectivity index (χ1v) is 14.2. The molecule has 0 aliphatic carbocycles. The van der Waals surface area contributed by atoms with E-state index in [1.807, 2.05) is 95.7 Å². The lowest BCUT2D eigenvalue weighted by Crippen LogP contribution is -2.34. The molecule has 0 saturated carbocycles. The van der Waals surface area contributed by atoms with Crippen LogP contribution < -0.4 is 19.5 Å². The smallest absolute Gasteiger partial charge is 0.221 e. The first-order valence-electron chi connectivity index (χ1n) is 14.2. The van der Waals surface area contributed by atoms with Crippen LogP contribution in [0.15, 0.2) is 103 Å². The van der Waals surface area contributed by atoms with Crippen molar-refractivity contribution < 1.29 is 19.0 Å². The number of nitrogens with one attached hydrogen (secondary N) is 1. The van der Waals surface area contributed by atoms with Crippen molar-refractivity contribution in [3.8, 4) is 17.2 Å². The van der Waals surface area contributed by atoms with Gasteiger partial charge in [0.05, 0.1) is 19.9 Å². The number of carbonyl (C=O) groups is 1. The molecule has 42 heavy (non-hydrogen) atoms. The van der Waals surface area contributed by atoms with Crippen LogP contribution in [-0.2, 0) is 17.8 Å². The van der Waals surface area contributed by atoms with E-state index < -0.39 is 0 Å². The highest BCUT2D eigenvalue weighted by Crippen LogP contribution is 2.35. The Labute approximate surface area is 247 Å². The molecule has 0 radical (unpaired) electrons. The molecule has 1 N–H and O–H groups in total. The van der Waals surface area contributed by atoms with E-state index in [4.69, 9.17) is 19.2 Å². The van der Waals surface area contributed by atoms with Gasteiger partial charge in [-0.3, -0.25) is 4.79 Å². The Kier molecular flexibility index (Phi) is 9.39. The second-order valence-electron chi connectivity index (χ2n) is 10.4. The molecule has 2 atom stereocenters. The highest BCUT2D eigenvalue weighted by Gasteiger charge is 2.25. The van der Waals surface area contributed by atoms with Gasteiger partial charge in [-0.05, 0) is 60.7 Å². The van der Waals surface area contributed by atoms with Gasteiger partial charge in [0.2, 0.25) is 5.91 Å². The molecule has 5 aromatic rings. The molecule has 0 aliphatic heterocycles. The van der Waals surface area contributed by atoms with Crippen molar-refractivity contribution in [2.24, 2.45) is 0 Å². The third-order valence-electron chi connectivity index (χ3n) is 7.40. The number of nitrogens with zero attached hydrogens (tertiary/aromatic N) is 2. The molecule has 0 aliphatic rings. The monoisotopic (exact) mass is 563 g/mol. The lowest BCUT2D eigenvalue weighted by molar-refractivity contribution is -0.121. The Hall–Kier alpha value is -4.78. The van der Waals surface area contributed by atoms with Crippen LogP contribution in [0.3, 0.4) is 0 Å². The van der Waals surface area contributed by atoms with E-state index in [1.165, 1.54) is 5.56 Å². The summed E-state index contributed by atoms with van der Waals surface area (Å²) in [4.78, 5) is 18.2. The molecule has 7 nitrogen and oxygen atoms in total. The number of pyridine rings is 1. The van der Waals surface area contributed by atoms with Gasteiger partial charge in [-0.2, -0.15) is 0 Å². The van der Waals surface area contributed by atoms with Crippen LogP contribution >= 0.6 is 0 Å². The summed E-state index contributed by atoms with van der Waals surface area (Å²) in [5, 5.41) is 3.21. The van der Waals surface area contributed by atoms with Crippen molar-refractivity contribution in [1.82, 2.24) is 14.7 Å². The fraction of sp³-hybridized carbons (Fsp3) is 0.257. The third kappa shape index (κ3) is 7.10. The number of aromatic nitrogens is 2. The summed E-state index contributed by atoms with van der Waals surface area (Å²) in [5.41, 5.74) is 4.80. The van der Waals surface area contributed by atoms with Gasteiger partial charge in [-0.1, -0.05) is 60.7 Å². The maximum Gasteiger partial charge on any atom is 0.221 e. The van der Waals surface area contributed by atoms with Gasteiger partial charge in [-0.25, -0.2) is 4.98 Å². The molecule has 3 aromatic carbocycles. The van der Waals surface area contributed by atoms with Crippen molar-refractivity contribution in [3.63, 3.8) is 0 Å². The first-order chi connectivity index (χ1) is 20.5. The quantitative estimate of drug-likeness (QED) is 0.175. The molecule has 216 valence electrons. The van der Waals surface area contributed by atoms with Crippen LogP contribution in [0.1, 0.15) is 48.1 Å². The normalized spacial score (nSPS) is 12.5. The predicted molar refractivity (Wildman–Crippen MR) is 164 cm³/mol. The molecule has 0 fully saturated rings. The van der Waals surface area contributed by atoms with Crippen LogP contribution in [0.25, 0.3) is 5.65 Å². The third-order valence-corrected chi connectivity index (χ3v) is 7.40. The maximum atomic E-state index is 13.5. The predicted octanol–water partition coefficient (Wildman–Crippen LogP) is 6.59. The first kappa shape index (κ1) is 28.7. The Balaban J connectivity index is 1.41. The van der Waals surface area contributed by atoms with Gasteiger partial charge in [-0.15, -0.1) is 0 Å². The molecular weight excluding hydrogens is 526 g/mol.